The van der Waals surface area contributed by atoms with Crippen LogP contribution in [-0.2, 0) is 6.42 Å². The number of hydrogen-bond donors (Lipinski definition) is 1. The van der Waals surface area contributed by atoms with Gasteiger partial charge >= 0.3 is 0 Å². The molecule has 4 heteroatoms. The molecule has 1 atom stereocenters. The van der Waals surface area contributed by atoms with Gasteiger partial charge in [-0.1, -0.05) is 32.6 Å². The van der Waals surface area contributed by atoms with Crippen LogP contribution in [-0.4, -0.2) is 23.4 Å². The van der Waals surface area contributed by atoms with Crippen molar-refractivity contribution in [1.82, 2.24) is 4.90 Å². The first kappa shape index (κ1) is 13.9. The summed E-state index contributed by atoms with van der Waals surface area (Å²) in [7, 11) is 0. The fourth-order valence-corrected chi connectivity index (χ4v) is 4.52. The highest BCUT2D eigenvalue weighted by molar-refractivity contribution is 7.12. The van der Waals surface area contributed by atoms with E-state index in [1.165, 1.54) is 48.3 Å². The van der Waals surface area contributed by atoms with Crippen LogP contribution < -0.4 is 5.73 Å². The molecule has 1 aromatic heterocycles. The Morgan fingerprint density at radius 3 is 2.65 bits per heavy atom. The maximum atomic E-state index is 6.21. The van der Waals surface area contributed by atoms with Crippen molar-refractivity contribution in [2.24, 2.45) is 10.7 Å². The first-order chi connectivity index (χ1) is 9.79. The third-order valence-electron chi connectivity index (χ3n) is 4.60. The maximum absolute atomic E-state index is 6.21. The molecule has 2 aliphatic rings. The van der Waals surface area contributed by atoms with Gasteiger partial charge in [0.25, 0.3) is 0 Å². The molecule has 0 saturated heterocycles. The Morgan fingerprint density at radius 2 is 2.00 bits per heavy atom. The summed E-state index contributed by atoms with van der Waals surface area (Å²) in [6.07, 6.45) is 9.11. The van der Waals surface area contributed by atoms with Crippen LogP contribution >= 0.6 is 11.3 Å². The minimum absolute atomic E-state index is 0.392. The number of nitrogens with two attached hydrogens (primary N) is 1. The zero-order valence-electron chi connectivity index (χ0n) is 12.3. The molecule has 2 N–H and O–H groups in total. The van der Waals surface area contributed by atoms with Crippen LogP contribution in [0.15, 0.2) is 17.1 Å². The molecule has 1 aliphatic carbocycles. The summed E-state index contributed by atoms with van der Waals surface area (Å²) in [5.74, 6) is 0.772. The number of rotatable bonds is 3. The van der Waals surface area contributed by atoms with Gasteiger partial charge in [0.15, 0.2) is 5.96 Å². The highest BCUT2D eigenvalue weighted by Crippen LogP contribution is 2.35. The van der Waals surface area contributed by atoms with Gasteiger partial charge in [-0.25, -0.2) is 0 Å². The van der Waals surface area contributed by atoms with Crippen molar-refractivity contribution in [3.8, 4) is 0 Å². The second kappa shape index (κ2) is 6.17. The smallest absolute Gasteiger partial charge is 0.192 e. The number of nitrogens with zero attached hydrogens (tertiary/aromatic N) is 2. The zero-order chi connectivity index (χ0) is 13.9. The van der Waals surface area contributed by atoms with Crippen LogP contribution in [0.3, 0.4) is 0 Å². The Kier molecular flexibility index (Phi) is 4.29. The first-order valence-electron chi connectivity index (χ1n) is 7.96. The molecule has 20 heavy (non-hydrogen) atoms. The van der Waals surface area contributed by atoms with Gasteiger partial charge in [-0.2, -0.15) is 0 Å². The third kappa shape index (κ3) is 2.71. The largest absolute Gasteiger partial charge is 0.370 e. The Bertz CT molecular complexity index is 472. The minimum Gasteiger partial charge on any atom is -0.370 e. The van der Waals surface area contributed by atoms with Gasteiger partial charge in [-0.05, 0) is 31.4 Å². The SMILES string of the molecule is CCc1ccc(C2CN=C(N)N2C2CCCCCC2)s1. The van der Waals surface area contributed by atoms with E-state index in [1.54, 1.807) is 0 Å². The van der Waals surface area contributed by atoms with Crippen LogP contribution in [0.4, 0.5) is 0 Å². The second-order valence-corrected chi connectivity index (χ2v) is 7.12. The topological polar surface area (TPSA) is 41.6 Å². The highest BCUT2D eigenvalue weighted by atomic mass is 32.1. The van der Waals surface area contributed by atoms with Crippen molar-refractivity contribution < 1.29 is 0 Å². The first-order valence-corrected chi connectivity index (χ1v) is 8.78. The van der Waals surface area contributed by atoms with Gasteiger partial charge < -0.3 is 10.6 Å². The summed E-state index contributed by atoms with van der Waals surface area (Å²) in [6.45, 7) is 3.06. The molecule has 1 saturated carbocycles. The summed E-state index contributed by atoms with van der Waals surface area (Å²) in [4.78, 5) is 9.87. The van der Waals surface area contributed by atoms with Crippen LogP contribution in [0.2, 0.25) is 0 Å². The molecule has 0 aromatic carbocycles. The average molecular weight is 291 g/mol. The average Bonchev–Trinajstić information content (AvgIpc) is 2.98. The summed E-state index contributed by atoms with van der Waals surface area (Å²) in [5, 5.41) is 0. The summed E-state index contributed by atoms with van der Waals surface area (Å²) >= 11 is 1.93. The van der Waals surface area contributed by atoms with Crippen molar-refractivity contribution in [2.75, 3.05) is 6.54 Å². The minimum atomic E-state index is 0.392. The number of thiophene rings is 1. The summed E-state index contributed by atoms with van der Waals surface area (Å²) in [5.41, 5.74) is 6.21. The van der Waals surface area contributed by atoms with Crippen LogP contribution in [0.5, 0.6) is 0 Å². The lowest BCUT2D eigenvalue weighted by atomic mass is 10.0. The zero-order valence-corrected chi connectivity index (χ0v) is 13.2. The monoisotopic (exact) mass is 291 g/mol. The van der Waals surface area contributed by atoms with Gasteiger partial charge in [-0.3, -0.25) is 4.99 Å². The Hall–Kier alpha value is -1.03. The van der Waals surface area contributed by atoms with Crippen molar-refractivity contribution >= 4 is 17.3 Å². The number of aliphatic imine (C=N–C) groups is 1. The lowest BCUT2D eigenvalue weighted by Gasteiger charge is -2.33. The van der Waals surface area contributed by atoms with Gasteiger partial charge in [0.1, 0.15) is 0 Å². The molecule has 1 aliphatic heterocycles. The van der Waals surface area contributed by atoms with Gasteiger partial charge in [0.2, 0.25) is 0 Å². The highest BCUT2D eigenvalue weighted by Gasteiger charge is 2.34. The van der Waals surface area contributed by atoms with E-state index in [2.05, 4.69) is 28.9 Å². The third-order valence-corrected chi connectivity index (χ3v) is 5.93. The predicted molar refractivity (Wildman–Crippen MR) is 86.3 cm³/mol. The molecule has 0 amide bonds. The molecule has 0 radical (unpaired) electrons. The van der Waals surface area contributed by atoms with Gasteiger partial charge in [0, 0.05) is 15.8 Å². The maximum Gasteiger partial charge on any atom is 0.192 e. The Balaban J connectivity index is 1.80. The predicted octanol–water partition coefficient (Wildman–Crippen LogP) is 3.70. The van der Waals surface area contributed by atoms with Crippen molar-refractivity contribution in [1.29, 1.82) is 0 Å². The molecular weight excluding hydrogens is 266 g/mol. The fraction of sp³-hybridized carbons (Fsp3) is 0.688. The van der Waals surface area contributed by atoms with Crippen LogP contribution in [0.25, 0.3) is 0 Å². The van der Waals surface area contributed by atoms with E-state index in [9.17, 15) is 0 Å². The lowest BCUT2D eigenvalue weighted by Crippen LogP contribution is -2.43. The van der Waals surface area contributed by atoms with Gasteiger partial charge in [-0.15, -0.1) is 11.3 Å². The molecule has 1 aromatic rings. The quantitative estimate of drug-likeness (QED) is 0.863. The number of aryl methyl sites for hydroxylation is 1. The molecule has 0 bridgehead atoms. The van der Waals surface area contributed by atoms with E-state index < -0.39 is 0 Å². The Morgan fingerprint density at radius 1 is 1.25 bits per heavy atom. The molecule has 0 spiro atoms. The van der Waals surface area contributed by atoms with Crippen molar-refractivity contribution in [2.45, 2.75) is 64.0 Å². The van der Waals surface area contributed by atoms with Crippen molar-refractivity contribution in [3.63, 3.8) is 0 Å². The van der Waals surface area contributed by atoms with Crippen molar-refractivity contribution in [3.05, 3.63) is 21.9 Å². The molecule has 1 unspecified atom stereocenters. The van der Waals surface area contributed by atoms with E-state index in [0.29, 0.717) is 12.1 Å². The molecular formula is C16H25N3S. The van der Waals surface area contributed by atoms with Crippen LogP contribution in [0.1, 0.15) is 61.2 Å². The fourth-order valence-electron chi connectivity index (χ4n) is 3.48. The molecule has 1 fully saturated rings. The van der Waals surface area contributed by atoms with E-state index in [1.807, 2.05) is 11.3 Å². The van der Waals surface area contributed by atoms with E-state index in [4.69, 9.17) is 5.73 Å². The molecule has 2 heterocycles. The lowest BCUT2D eigenvalue weighted by molar-refractivity contribution is 0.240. The number of hydrogen-bond acceptors (Lipinski definition) is 4. The van der Waals surface area contributed by atoms with Gasteiger partial charge in [0.05, 0.1) is 12.6 Å². The number of guanidine groups is 1. The second-order valence-electron chi connectivity index (χ2n) is 5.92. The standard InChI is InChI=1S/C16H25N3S/c1-2-13-9-10-15(20-13)14-11-18-16(17)19(14)12-7-5-3-4-6-8-12/h9-10,12,14H,2-8,11H2,1H3,(H2,17,18). The van der Waals surface area contributed by atoms with E-state index in [0.717, 1.165) is 18.9 Å². The summed E-state index contributed by atoms with van der Waals surface area (Å²) in [6, 6.07) is 5.54. The molecule has 110 valence electrons. The van der Waals surface area contributed by atoms with E-state index >= 15 is 0 Å². The Labute approximate surface area is 125 Å². The van der Waals surface area contributed by atoms with Crippen LogP contribution in [0, 0.1) is 0 Å². The molecule has 3 rings (SSSR count). The summed E-state index contributed by atoms with van der Waals surface area (Å²) < 4.78 is 0. The normalized spacial score (nSPS) is 24.8. The van der Waals surface area contributed by atoms with E-state index in [-0.39, 0.29) is 0 Å². The molecule has 3 nitrogen and oxygen atoms in total.